The predicted molar refractivity (Wildman–Crippen MR) is 63.8 cm³/mol. The van der Waals surface area contributed by atoms with Crippen molar-refractivity contribution in [2.24, 2.45) is 5.73 Å². The second kappa shape index (κ2) is 9.15. The summed E-state index contributed by atoms with van der Waals surface area (Å²) in [7, 11) is 3.67. The van der Waals surface area contributed by atoms with E-state index in [1.165, 1.54) is 0 Å². The van der Waals surface area contributed by atoms with Crippen LogP contribution in [0.5, 0.6) is 0 Å². The summed E-state index contributed by atoms with van der Waals surface area (Å²) in [6.07, 6.45) is 3.47. The van der Waals surface area contributed by atoms with E-state index in [1.807, 2.05) is 14.1 Å². The van der Waals surface area contributed by atoms with Crippen molar-refractivity contribution >= 4 is 11.8 Å². The van der Waals surface area contributed by atoms with E-state index in [-0.39, 0.29) is 11.8 Å². The number of hydrogen-bond acceptors (Lipinski definition) is 3. The van der Waals surface area contributed by atoms with E-state index in [2.05, 4.69) is 5.32 Å². The van der Waals surface area contributed by atoms with Crippen LogP contribution in [0, 0.1) is 0 Å². The van der Waals surface area contributed by atoms with Crippen LogP contribution in [0.1, 0.15) is 32.1 Å². The maximum atomic E-state index is 11.6. The van der Waals surface area contributed by atoms with Crippen molar-refractivity contribution in [1.82, 2.24) is 10.2 Å². The highest BCUT2D eigenvalue weighted by atomic mass is 16.2. The number of likely N-dealkylation sites (N-methyl/N-ethyl adjacent to an activating group) is 2. The molecule has 94 valence electrons. The van der Waals surface area contributed by atoms with E-state index in [1.54, 1.807) is 4.90 Å². The number of carbonyl (C=O) groups is 2. The highest BCUT2D eigenvalue weighted by molar-refractivity contribution is 5.75. The Labute approximate surface area is 97.4 Å². The van der Waals surface area contributed by atoms with Crippen LogP contribution in [0.15, 0.2) is 0 Å². The lowest BCUT2D eigenvalue weighted by Crippen LogP contribution is -2.32. The molecule has 0 saturated heterocycles. The summed E-state index contributed by atoms with van der Waals surface area (Å²) in [5, 5.41) is 3.00. The molecule has 0 aliphatic rings. The minimum Gasteiger partial charge on any atom is -0.370 e. The molecule has 0 bridgehead atoms. The number of nitrogens with two attached hydrogens (primary N) is 1. The molecule has 16 heavy (non-hydrogen) atoms. The average Bonchev–Trinajstić information content (AvgIpc) is 2.24. The zero-order chi connectivity index (χ0) is 12.4. The molecule has 0 aliphatic heterocycles. The second-order valence-electron chi connectivity index (χ2n) is 3.95. The Morgan fingerprint density at radius 2 is 1.81 bits per heavy atom. The van der Waals surface area contributed by atoms with Crippen LogP contribution in [0.3, 0.4) is 0 Å². The third-order valence-electron chi connectivity index (χ3n) is 2.44. The first-order valence-electron chi connectivity index (χ1n) is 5.74. The summed E-state index contributed by atoms with van der Waals surface area (Å²) in [6.45, 7) is 1.54. The van der Waals surface area contributed by atoms with Crippen molar-refractivity contribution in [3.63, 3.8) is 0 Å². The highest BCUT2D eigenvalue weighted by Gasteiger charge is 2.07. The number of rotatable bonds is 9. The van der Waals surface area contributed by atoms with Gasteiger partial charge in [-0.2, -0.15) is 0 Å². The van der Waals surface area contributed by atoms with Gasteiger partial charge in [-0.25, -0.2) is 0 Å². The van der Waals surface area contributed by atoms with Gasteiger partial charge in [-0.05, 0) is 19.9 Å². The van der Waals surface area contributed by atoms with Gasteiger partial charge in [-0.15, -0.1) is 0 Å². The standard InChI is InChI=1S/C11H23N3O2/c1-13-8-9-14(2)11(16)7-5-3-4-6-10(12)15/h13H,3-9H2,1-2H3,(H2,12,15). The molecule has 0 radical (unpaired) electrons. The first-order chi connectivity index (χ1) is 7.57. The smallest absolute Gasteiger partial charge is 0.222 e. The highest BCUT2D eigenvalue weighted by Crippen LogP contribution is 2.04. The minimum absolute atomic E-state index is 0.161. The number of primary amides is 1. The lowest BCUT2D eigenvalue weighted by atomic mass is 10.1. The van der Waals surface area contributed by atoms with E-state index >= 15 is 0 Å². The first-order valence-corrected chi connectivity index (χ1v) is 5.74. The lowest BCUT2D eigenvalue weighted by Gasteiger charge is -2.16. The van der Waals surface area contributed by atoms with Crippen LogP contribution >= 0.6 is 0 Å². The molecule has 3 N–H and O–H groups in total. The van der Waals surface area contributed by atoms with Crippen molar-refractivity contribution in [2.75, 3.05) is 27.2 Å². The summed E-state index contributed by atoms with van der Waals surface area (Å²) in [5.41, 5.74) is 5.02. The Morgan fingerprint density at radius 3 is 2.38 bits per heavy atom. The van der Waals surface area contributed by atoms with Crippen molar-refractivity contribution < 1.29 is 9.59 Å². The molecule has 0 aromatic rings. The Morgan fingerprint density at radius 1 is 1.19 bits per heavy atom. The van der Waals surface area contributed by atoms with Gasteiger partial charge in [-0.3, -0.25) is 9.59 Å². The fraction of sp³-hybridized carbons (Fsp3) is 0.818. The maximum absolute atomic E-state index is 11.6. The number of nitrogens with zero attached hydrogens (tertiary/aromatic N) is 1. The zero-order valence-corrected chi connectivity index (χ0v) is 10.3. The molecule has 2 amide bonds. The molecule has 0 atom stereocenters. The third-order valence-corrected chi connectivity index (χ3v) is 2.44. The van der Waals surface area contributed by atoms with Crippen LogP contribution in [-0.4, -0.2) is 43.9 Å². The first kappa shape index (κ1) is 14.9. The lowest BCUT2D eigenvalue weighted by molar-refractivity contribution is -0.129. The molecule has 0 aromatic carbocycles. The maximum Gasteiger partial charge on any atom is 0.222 e. The van der Waals surface area contributed by atoms with Crippen molar-refractivity contribution in [2.45, 2.75) is 32.1 Å². The fourth-order valence-corrected chi connectivity index (χ4v) is 1.35. The topological polar surface area (TPSA) is 75.4 Å². The molecule has 5 heteroatoms. The van der Waals surface area contributed by atoms with Crippen LogP contribution in [-0.2, 0) is 9.59 Å². The van der Waals surface area contributed by atoms with Gasteiger partial charge in [0, 0.05) is 33.0 Å². The molecule has 5 nitrogen and oxygen atoms in total. The summed E-state index contributed by atoms with van der Waals surface area (Å²) >= 11 is 0. The van der Waals surface area contributed by atoms with E-state index in [4.69, 9.17) is 5.73 Å². The Hall–Kier alpha value is -1.10. The van der Waals surface area contributed by atoms with Crippen LogP contribution < -0.4 is 11.1 Å². The molecule has 0 aliphatic carbocycles. The van der Waals surface area contributed by atoms with E-state index in [0.717, 1.165) is 32.4 Å². The number of unbranched alkanes of at least 4 members (excludes halogenated alkanes) is 2. The minimum atomic E-state index is -0.266. The van der Waals surface area contributed by atoms with Gasteiger partial charge in [0.05, 0.1) is 0 Å². The Balaban J connectivity index is 3.45. The number of nitrogens with one attached hydrogen (secondary N) is 1. The van der Waals surface area contributed by atoms with E-state index in [0.29, 0.717) is 12.8 Å². The summed E-state index contributed by atoms with van der Waals surface area (Å²) in [4.78, 5) is 23.7. The quantitative estimate of drug-likeness (QED) is 0.551. The zero-order valence-electron chi connectivity index (χ0n) is 10.3. The van der Waals surface area contributed by atoms with Crippen LogP contribution in [0.4, 0.5) is 0 Å². The van der Waals surface area contributed by atoms with Gasteiger partial charge in [0.15, 0.2) is 0 Å². The largest absolute Gasteiger partial charge is 0.370 e. The van der Waals surface area contributed by atoms with Crippen LogP contribution in [0.25, 0.3) is 0 Å². The van der Waals surface area contributed by atoms with Gasteiger partial charge >= 0.3 is 0 Å². The van der Waals surface area contributed by atoms with Gasteiger partial charge in [0.1, 0.15) is 0 Å². The van der Waals surface area contributed by atoms with Crippen molar-refractivity contribution in [3.05, 3.63) is 0 Å². The summed E-state index contributed by atoms with van der Waals surface area (Å²) < 4.78 is 0. The molecule has 0 aromatic heterocycles. The molecule has 0 rings (SSSR count). The van der Waals surface area contributed by atoms with Gasteiger partial charge < -0.3 is 16.0 Å². The second-order valence-corrected chi connectivity index (χ2v) is 3.95. The Kier molecular flexibility index (Phi) is 8.52. The van der Waals surface area contributed by atoms with Crippen molar-refractivity contribution in [1.29, 1.82) is 0 Å². The summed E-state index contributed by atoms with van der Waals surface area (Å²) in [5.74, 6) is -0.105. The SMILES string of the molecule is CNCCN(C)C(=O)CCCCCC(N)=O. The fourth-order valence-electron chi connectivity index (χ4n) is 1.35. The van der Waals surface area contributed by atoms with Crippen molar-refractivity contribution in [3.8, 4) is 0 Å². The average molecular weight is 229 g/mol. The molecule has 0 heterocycles. The molecular weight excluding hydrogens is 206 g/mol. The molecular formula is C11H23N3O2. The molecule has 0 fully saturated rings. The van der Waals surface area contributed by atoms with Gasteiger partial charge in [0.2, 0.25) is 11.8 Å². The van der Waals surface area contributed by atoms with E-state index in [9.17, 15) is 9.59 Å². The molecule has 0 saturated carbocycles. The van der Waals surface area contributed by atoms with Gasteiger partial charge in [-0.1, -0.05) is 6.42 Å². The molecule has 0 spiro atoms. The third kappa shape index (κ3) is 8.23. The summed E-state index contributed by atoms with van der Waals surface area (Å²) in [6, 6.07) is 0. The van der Waals surface area contributed by atoms with Crippen LogP contribution in [0.2, 0.25) is 0 Å². The number of hydrogen-bond donors (Lipinski definition) is 2. The predicted octanol–water partition coefficient (Wildman–Crippen LogP) is 0.100. The number of carbonyl (C=O) groups excluding carboxylic acids is 2. The molecule has 0 unspecified atom stereocenters. The number of amides is 2. The normalized spacial score (nSPS) is 10.1. The van der Waals surface area contributed by atoms with Gasteiger partial charge in [0.25, 0.3) is 0 Å². The monoisotopic (exact) mass is 229 g/mol. The Bertz CT molecular complexity index is 219. The van der Waals surface area contributed by atoms with E-state index < -0.39 is 0 Å².